The Morgan fingerprint density at radius 3 is 2.86 bits per heavy atom. The molecule has 37 heavy (non-hydrogen) atoms. The quantitative estimate of drug-likeness (QED) is 0.454. The van der Waals surface area contributed by atoms with Crippen LogP contribution in [0, 0.1) is 28.6 Å². The summed E-state index contributed by atoms with van der Waals surface area (Å²) < 4.78 is 0. The van der Waals surface area contributed by atoms with Gasteiger partial charge in [0.1, 0.15) is 0 Å². The molecule has 4 aliphatic carbocycles. The first-order valence-electron chi connectivity index (χ1n) is 14.3. The molecule has 6 heteroatoms. The van der Waals surface area contributed by atoms with Crippen LogP contribution >= 0.6 is 0 Å². The molecule has 3 N–H and O–H groups in total. The number of H-pyrrole nitrogens is 1. The Morgan fingerprint density at radius 2 is 2.00 bits per heavy atom. The number of amides is 1. The van der Waals surface area contributed by atoms with Gasteiger partial charge in [-0.3, -0.25) is 4.79 Å². The number of nitrogens with one attached hydrogen (secondary N) is 2. The van der Waals surface area contributed by atoms with E-state index in [4.69, 9.17) is 4.84 Å². The zero-order valence-corrected chi connectivity index (χ0v) is 22.3. The Bertz CT molecular complexity index is 1200. The van der Waals surface area contributed by atoms with Crippen molar-refractivity contribution in [2.45, 2.75) is 77.7 Å². The van der Waals surface area contributed by atoms with Crippen molar-refractivity contribution in [2.24, 2.45) is 33.7 Å². The number of aromatic amines is 1. The minimum absolute atomic E-state index is 0.0517. The van der Waals surface area contributed by atoms with E-state index in [1.807, 2.05) is 12.1 Å². The number of allylic oxidation sites excluding steroid dienone is 2. The van der Waals surface area contributed by atoms with Gasteiger partial charge in [0.15, 0.2) is 6.61 Å². The maximum atomic E-state index is 12.3. The van der Waals surface area contributed by atoms with Gasteiger partial charge in [0.25, 0.3) is 5.91 Å². The molecular formula is C31H41N3O3. The highest BCUT2D eigenvalue weighted by Crippen LogP contribution is 2.65. The number of oxime groups is 1. The van der Waals surface area contributed by atoms with Crippen molar-refractivity contribution < 1.29 is 14.7 Å². The van der Waals surface area contributed by atoms with Crippen LogP contribution < -0.4 is 5.32 Å². The summed E-state index contributed by atoms with van der Waals surface area (Å²) in [5, 5.41) is 19.2. The zero-order chi connectivity index (χ0) is 25.6. The molecule has 4 aliphatic rings. The number of rotatable bonds is 6. The number of hydrogen-bond donors (Lipinski definition) is 3. The lowest BCUT2D eigenvalue weighted by atomic mass is 9.47. The first kappa shape index (κ1) is 24.7. The average molecular weight is 504 g/mol. The largest absolute Gasteiger partial charge is 0.393 e. The summed E-state index contributed by atoms with van der Waals surface area (Å²) in [4.78, 5) is 21.1. The normalized spacial score (nSPS) is 36.0. The maximum Gasteiger partial charge on any atom is 0.260 e. The van der Waals surface area contributed by atoms with Gasteiger partial charge < -0.3 is 20.2 Å². The van der Waals surface area contributed by atoms with Crippen molar-refractivity contribution in [3.63, 3.8) is 0 Å². The van der Waals surface area contributed by atoms with Crippen LogP contribution in [0.1, 0.15) is 70.9 Å². The molecule has 6 nitrogen and oxygen atoms in total. The lowest BCUT2D eigenvalue weighted by Crippen LogP contribution is -2.51. The van der Waals surface area contributed by atoms with Gasteiger partial charge in [0.05, 0.1) is 11.8 Å². The van der Waals surface area contributed by atoms with Crippen LogP contribution in [0.25, 0.3) is 10.9 Å². The SMILES string of the molecule is C[C@]12CC[C@H]3[C@@H](CCC4=C/C(=N\OCC(=O)NCCc5cc6ccccc6[nH]5)CC[C@@]43C)[C@@H]1CC[C@@H]2O. The zero-order valence-electron chi connectivity index (χ0n) is 22.3. The number of carbonyl (C=O) groups is 1. The molecule has 3 saturated carbocycles. The molecule has 3 fully saturated rings. The third-order valence-electron chi connectivity index (χ3n) is 10.6. The number of benzene rings is 1. The fourth-order valence-corrected chi connectivity index (χ4v) is 8.45. The summed E-state index contributed by atoms with van der Waals surface area (Å²) in [7, 11) is 0. The fraction of sp³-hybridized carbons (Fsp3) is 0.613. The number of hydrogen-bond acceptors (Lipinski definition) is 4. The number of aliphatic hydroxyl groups is 1. The molecule has 6 atom stereocenters. The standard InChI is InChI=1S/C31H41N3O3/c1-30-14-11-23(18-21(30)7-8-24-25-9-10-28(35)31(25,2)15-12-26(24)30)34-37-19-29(36)32-16-13-22-17-20-5-3-4-6-27(20)33-22/h3-6,17-18,24-26,28,33,35H,7-16,19H2,1-2H3,(H,32,36)/b34-23-/t24-,25-,26-,28-,30-,31-/m0/s1. The van der Waals surface area contributed by atoms with Gasteiger partial charge >= 0.3 is 0 Å². The highest BCUT2D eigenvalue weighted by Gasteiger charge is 2.58. The lowest BCUT2D eigenvalue weighted by molar-refractivity contribution is -0.125. The van der Waals surface area contributed by atoms with Crippen molar-refractivity contribution in [3.8, 4) is 0 Å². The molecule has 0 unspecified atom stereocenters. The third-order valence-corrected chi connectivity index (χ3v) is 10.6. The van der Waals surface area contributed by atoms with E-state index in [1.54, 1.807) is 0 Å². The van der Waals surface area contributed by atoms with E-state index in [2.05, 4.69) is 53.6 Å². The van der Waals surface area contributed by atoms with Crippen LogP contribution in [0.2, 0.25) is 0 Å². The molecule has 0 spiro atoms. The molecule has 6 rings (SSSR count). The first-order valence-corrected chi connectivity index (χ1v) is 14.3. The fourth-order valence-electron chi connectivity index (χ4n) is 8.45. The van der Waals surface area contributed by atoms with E-state index >= 15 is 0 Å². The topological polar surface area (TPSA) is 86.7 Å². The number of aliphatic hydroxyl groups excluding tert-OH is 1. The van der Waals surface area contributed by atoms with Gasteiger partial charge in [-0.05, 0) is 104 Å². The van der Waals surface area contributed by atoms with Crippen molar-refractivity contribution in [2.75, 3.05) is 13.2 Å². The number of fused-ring (bicyclic) bond motifs is 6. The molecule has 0 radical (unpaired) electrons. The monoisotopic (exact) mass is 503 g/mol. The average Bonchev–Trinajstić information content (AvgIpc) is 3.44. The van der Waals surface area contributed by atoms with Gasteiger partial charge in [0.2, 0.25) is 0 Å². The third kappa shape index (κ3) is 4.41. The Labute approximate surface area is 219 Å². The molecule has 2 aromatic rings. The molecule has 0 saturated heterocycles. The Morgan fingerprint density at radius 1 is 1.14 bits per heavy atom. The molecule has 0 bridgehead atoms. The van der Waals surface area contributed by atoms with Crippen molar-refractivity contribution in [3.05, 3.63) is 47.7 Å². The molecule has 0 aliphatic heterocycles. The summed E-state index contributed by atoms with van der Waals surface area (Å²) in [5.74, 6) is 1.98. The predicted molar refractivity (Wildman–Crippen MR) is 146 cm³/mol. The van der Waals surface area contributed by atoms with Crippen LogP contribution in [0.3, 0.4) is 0 Å². The van der Waals surface area contributed by atoms with E-state index < -0.39 is 0 Å². The van der Waals surface area contributed by atoms with Gasteiger partial charge in [0, 0.05) is 24.2 Å². The van der Waals surface area contributed by atoms with Crippen molar-refractivity contribution in [1.29, 1.82) is 0 Å². The number of nitrogens with zero attached hydrogens (tertiary/aromatic N) is 1. The molecule has 1 aromatic heterocycles. The van der Waals surface area contributed by atoms with Gasteiger partial charge in [-0.2, -0.15) is 0 Å². The Hall–Kier alpha value is -2.60. The minimum atomic E-state index is -0.140. The first-order chi connectivity index (χ1) is 17.9. The Kier molecular flexibility index (Phi) is 6.42. The lowest BCUT2D eigenvalue weighted by Gasteiger charge is -2.57. The second-order valence-corrected chi connectivity index (χ2v) is 12.5. The molecule has 1 amide bonds. The number of para-hydroxylation sites is 1. The predicted octanol–water partition coefficient (Wildman–Crippen LogP) is 5.52. The van der Waals surface area contributed by atoms with Crippen LogP contribution in [-0.4, -0.2) is 41.0 Å². The summed E-state index contributed by atoms with van der Waals surface area (Å²) in [6, 6.07) is 10.3. The molecule has 198 valence electrons. The highest BCUT2D eigenvalue weighted by atomic mass is 16.6. The summed E-state index contributed by atoms with van der Waals surface area (Å²) in [5.41, 5.74) is 5.08. The molecule has 1 heterocycles. The second kappa shape index (κ2) is 9.61. The Balaban J connectivity index is 1.01. The summed E-state index contributed by atoms with van der Waals surface area (Å²) >= 11 is 0. The smallest absolute Gasteiger partial charge is 0.260 e. The molecule has 1 aromatic carbocycles. The second-order valence-electron chi connectivity index (χ2n) is 12.5. The minimum Gasteiger partial charge on any atom is -0.393 e. The van der Waals surface area contributed by atoms with E-state index in [9.17, 15) is 9.90 Å². The summed E-state index contributed by atoms with van der Waals surface area (Å²) in [6.45, 7) is 5.33. The maximum absolute atomic E-state index is 12.3. The van der Waals surface area contributed by atoms with Gasteiger partial charge in [-0.1, -0.05) is 42.8 Å². The van der Waals surface area contributed by atoms with Crippen molar-refractivity contribution >= 4 is 22.5 Å². The number of carbonyl (C=O) groups excluding carboxylic acids is 1. The van der Waals surface area contributed by atoms with Gasteiger partial charge in [-0.25, -0.2) is 0 Å². The van der Waals surface area contributed by atoms with Crippen LogP contribution in [0.5, 0.6) is 0 Å². The van der Waals surface area contributed by atoms with E-state index in [0.717, 1.165) is 61.4 Å². The van der Waals surface area contributed by atoms with E-state index in [1.165, 1.54) is 30.2 Å². The van der Waals surface area contributed by atoms with Crippen molar-refractivity contribution in [1.82, 2.24) is 10.3 Å². The summed E-state index contributed by atoms with van der Waals surface area (Å²) in [6.07, 6.45) is 11.8. The van der Waals surface area contributed by atoms with Crippen LogP contribution in [0.4, 0.5) is 0 Å². The van der Waals surface area contributed by atoms with Crippen LogP contribution in [0.15, 0.2) is 47.1 Å². The highest BCUT2D eigenvalue weighted by molar-refractivity contribution is 5.96. The van der Waals surface area contributed by atoms with E-state index in [-0.39, 0.29) is 29.4 Å². The van der Waals surface area contributed by atoms with E-state index in [0.29, 0.717) is 18.4 Å². The number of aromatic nitrogens is 1. The van der Waals surface area contributed by atoms with Crippen LogP contribution in [-0.2, 0) is 16.1 Å². The van der Waals surface area contributed by atoms with Gasteiger partial charge in [-0.15, -0.1) is 0 Å². The molecular weight excluding hydrogens is 462 g/mol.